The Morgan fingerprint density at radius 1 is 0.955 bits per heavy atom. The number of piperidine rings is 1. The third kappa shape index (κ3) is 2.52. The third-order valence-corrected chi connectivity index (χ3v) is 4.33. The van der Waals surface area contributed by atoms with Crippen molar-refractivity contribution in [3.8, 4) is 12.1 Å². The Morgan fingerprint density at radius 3 is 2.32 bits per heavy atom. The summed E-state index contributed by atoms with van der Waals surface area (Å²) < 4.78 is 0. The van der Waals surface area contributed by atoms with Gasteiger partial charge in [0.05, 0.1) is 11.5 Å². The standard InChI is InChI=1S/C18H16N4/c19-13-16-7-4-8-17(21-16)22-11-9-18(14-20,10-12-22)15-5-2-1-3-6-15/h1-8H,9-12H2. The molecule has 0 saturated carbocycles. The number of rotatable bonds is 2. The van der Waals surface area contributed by atoms with Gasteiger partial charge in [0.1, 0.15) is 17.6 Å². The number of pyridine rings is 1. The molecule has 1 saturated heterocycles. The van der Waals surface area contributed by atoms with Crippen LogP contribution in [0.4, 0.5) is 5.82 Å². The smallest absolute Gasteiger partial charge is 0.142 e. The second kappa shape index (κ2) is 5.87. The Kier molecular flexibility index (Phi) is 3.76. The van der Waals surface area contributed by atoms with Crippen molar-refractivity contribution < 1.29 is 0 Å². The molecule has 0 aliphatic carbocycles. The van der Waals surface area contributed by atoms with Crippen molar-refractivity contribution >= 4 is 5.82 Å². The number of nitrogens with zero attached hydrogens (tertiary/aromatic N) is 4. The van der Waals surface area contributed by atoms with E-state index >= 15 is 0 Å². The number of nitriles is 2. The summed E-state index contributed by atoms with van der Waals surface area (Å²) in [7, 11) is 0. The lowest BCUT2D eigenvalue weighted by Crippen LogP contribution is -2.42. The van der Waals surface area contributed by atoms with E-state index in [-0.39, 0.29) is 0 Å². The Bertz CT molecular complexity index is 732. The fraction of sp³-hybridized carbons (Fsp3) is 0.278. The lowest BCUT2D eigenvalue weighted by atomic mass is 9.74. The molecule has 1 aromatic carbocycles. The zero-order valence-electron chi connectivity index (χ0n) is 12.2. The highest BCUT2D eigenvalue weighted by Crippen LogP contribution is 2.35. The minimum absolute atomic E-state index is 0.412. The normalized spacial score (nSPS) is 16.5. The van der Waals surface area contributed by atoms with Crippen LogP contribution in [0.25, 0.3) is 0 Å². The fourth-order valence-electron chi connectivity index (χ4n) is 3.00. The zero-order chi connectivity index (χ0) is 15.4. The summed E-state index contributed by atoms with van der Waals surface area (Å²) in [5, 5.41) is 18.7. The molecular formula is C18H16N4. The molecule has 1 fully saturated rings. The van der Waals surface area contributed by atoms with Crippen LogP contribution in [0, 0.1) is 22.7 Å². The van der Waals surface area contributed by atoms with Crippen LogP contribution in [0.1, 0.15) is 24.1 Å². The van der Waals surface area contributed by atoms with Crippen LogP contribution in [0.3, 0.4) is 0 Å². The minimum Gasteiger partial charge on any atom is -0.356 e. The van der Waals surface area contributed by atoms with Gasteiger partial charge in [-0.1, -0.05) is 36.4 Å². The molecule has 4 heteroatoms. The molecule has 0 bridgehead atoms. The van der Waals surface area contributed by atoms with Gasteiger partial charge in [-0.15, -0.1) is 0 Å². The van der Waals surface area contributed by atoms with Crippen molar-refractivity contribution in [3.63, 3.8) is 0 Å². The molecule has 0 spiro atoms. The Labute approximate surface area is 130 Å². The minimum atomic E-state index is -0.412. The van der Waals surface area contributed by atoms with Crippen LogP contribution >= 0.6 is 0 Å². The SMILES string of the molecule is N#Cc1cccc(N2CCC(C#N)(c3ccccc3)CC2)n1. The van der Waals surface area contributed by atoms with Crippen LogP contribution < -0.4 is 4.90 Å². The molecule has 0 N–H and O–H groups in total. The van der Waals surface area contributed by atoms with E-state index in [2.05, 4.69) is 22.0 Å². The summed E-state index contributed by atoms with van der Waals surface area (Å²) >= 11 is 0. The summed E-state index contributed by atoms with van der Waals surface area (Å²) in [6, 6.07) is 20.1. The molecule has 1 aromatic heterocycles. The van der Waals surface area contributed by atoms with Gasteiger partial charge in [0.2, 0.25) is 0 Å². The van der Waals surface area contributed by atoms with Crippen molar-refractivity contribution in [3.05, 3.63) is 59.8 Å². The molecule has 0 radical (unpaired) electrons. The molecule has 2 aromatic rings. The first-order valence-electron chi connectivity index (χ1n) is 7.36. The van der Waals surface area contributed by atoms with Crippen molar-refractivity contribution in [2.24, 2.45) is 0 Å². The second-order valence-electron chi connectivity index (χ2n) is 5.54. The van der Waals surface area contributed by atoms with Crippen LogP contribution in [0.5, 0.6) is 0 Å². The number of hydrogen-bond acceptors (Lipinski definition) is 4. The second-order valence-corrected chi connectivity index (χ2v) is 5.54. The molecule has 0 amide bonds. The van der Waals surface area contributed by atoms with Gasteiger partial charge >= 0.3 is 0 Å². The quantitative estimate of drug-likeness (QED) is 0.852. The maximum absolute atomic E-state index is 9.71. The number of benzene rings is 1. The van der Waals surface area contributed by atoms with E-state index in [1.807, 2.05) is 42.5 Å². The lowest BCUT2D eigenvalue weighted by Gasteiger charge is -2.38. The van der Waals surface area contributed by atoms with E-state index in [4.69, 9.17) is 5.26 Å². The molecule has 1 aliphatic heterocycles. The molecule has 4 nitrogen and oxygen atoms in total. The van der Waals surface area contributed by atoms with Crippen LogP contribution in [0.15, 0.2) is 48.5 Å². The van der Waals surface area contributed by atoms with Crippen molar-refractivity contribution in [1.29, 1.82) is 10.5 Å². The summed E-state index contributed by atoms with van der Waals surface area (Å²) in [5.74, 6) is 0.818. The maximum atomic E-state index is 9.71. The van der Waals surface area contributed by atoms with E-state index < -0.39 is 5.41 Å². The van der Waals surface area contributed by atoms with E-state index in [0.29, 0.717) is 5.69 Å². The molecule has 1 aliphatic rings. The number of anilines is 1. The Morgan fingerprint density at radius 2 is 1.68 bits per heavy atom. The first-order chi connectivity index (χ1) is 10.8. The van der Waals surface area contributed by atoms with Crippen molar-refractivity contribution in [2.45, 2.75) is 18.3 Å². The summed E-state index contributed by atoms with van der Waals surface area (Å²) in [5.41, 5.74) is 1.11. The van der Waals surface area contributed by atoms with Gasteiger partial charge in [0, 0.05) is 13.1 Å². The first-order valence-corrected chi connectivity index (χ1v) is 7.36. The monoisotopic (exact) mass is 288 g/mol. The average molecular weight is 288 g/mol. The highest BCUT2D eigenvalue weighted by Gasteiger charge is 2.36. The van der Waals surface area contributed by atoms with E-state index in [9.17, 15) is 5.26 Å². The lowest BCUT2D eigenvalue weighted by molar-refractivity contribution is 0.414. The van der Waals surface area contributed by atoms with Crippen LogP contribution in [0.2, 0.25) is 0 Å². The van der Waals surface area contributed by atoms with Crippen LogP contribution in [-0.4, -0.2) is 18.1 Å². The van der Waals surface area contributed by atoms with E-state index in [1.165, 1.54) is 0 Å². The van der Waals surface area contributed by atoms with E-state index in [1.54, 1.807) is 6.07 Å². The van der Waals surface area contributed by atoms with Gasteiger partial charge in [-0.2, -0.15) is 10.5 Å². The maximum Gasteiger partial charge on any atom is 0.142 e. The highest BCUT2D eigenvalue weighted by atomic mass is 15.2. The first kappa shape index (κ1) is 14.1. The largest absolute Gasteiger partial charge is 0.356 e. The molecule has 0 unspecified atom stereocenters. The van der Waals surface area contributed by atoms with Crippen molar-refractivity contribution in [2.75, 3.05) is 18.0 Å². The fourth-order valence-corrected chi connectivity index (χ4v) is 3.00. The molecule has 108 valence electrons. The van der Waals surface area contributed by atoms with Gasteiger partial charge in [-0.05, 0) is 30.5 Å². The Balaban J connectivity index is 1.80. The van der Waals surface area contributed by atoms with Gasteiger partial charge in [0.15, 0.2) is 0 Å². The summed E-state index contributed by atoms with van der Waals surface area (Å²) in [6.07, 6.45) is 1.54. The van der Waals surface area contributed by atoms with Gasteiger partial charge in [-0.3, -0.25) is 0 Å². The van der Waals surface area contributed by atoms with Crippen molar-refractivity contribution in [1.82, 2.24) is 4.98 Å². The number of hydrogen-bond donors (Lipinski definition) is 0. The molecular weight excluding hydrogens is 272 g/mol. The van der Waals surface area contributed by atoms with Gasteiger partial charge in [-0.25, -0.2) is 4.98 Å². The zero-order valence-corrected chi connectivity index (χ0v) is 12.2. The summed E-state index contributed by atoms with van der Waals surface area (Å²) in [4.78, 5) is 6.50. The third-order valence-electron chi connectivity index (χ3n) is 4.33. The number of aromatic nitrogens is 1. The highest BCUT2D eigenvalue weighted by molar-refractivity contribution is 5.44. The molecule has 3 rings (SSSR count). The molecule has 2 heterocycles. The molecule has 0 atom stereocenters. The van der Waals surface area contributed by atoms with Crippen LogP contribution in [-0.2, 0) is 5.41 Å². The predicted octanol–water partition coefficient (Wildman–Crippen LogP) is 3.02. The average Bonchev–Trinajstić information content (AvgIpc) is 2.62. The van der Waals surface area contributed by atoms with Gasteiger partial charge < -0.3 is 4.90 Å². The summed E-state index contributed by atoms with van der Waals surface area (Å²) in [6.45, 7) is 1.54. The van der Waals surface area contributed by atoms with E-state index in [0.717, 1.165) is 37.3 Å². The topological polar surface area (TPSA) is 63.7 Å². The molecule has 22 heavy (non-hydrogen) atoms. The Hall–Kier alpha value is -2.85. The predicted molar refractivity (Wildman–Crippen MR) is 84.1 cm³/mol. The van der Waals surface area contributed by atoms with Gasteiger partial charge in [0.25, 0.3) is 0 Å².